The van der Waals surface area contributed by atoms with Crippen molar-refractivity contribution in [1.82, 2.24) is 9.80 Å². The van der Waals surface area contributed by atoms with E-state index in [2.05, 4.69) is 34.5 Å². The standard InChI is InChI=1S/C29H38N2O3S/c1-30(28(32)23-13-17-34-18-14-23)26(19-21-7-3-2-4-8-21)22-11-15-31(16-12-22)29(33)27-25-10-6-5-9-24(25)20-35-27/h2-4,7-8,20,22-23,26H,5-6,9-19H2,1H3. The van der Waals surface area contributed by atoms with Gasteiger partial charge in [-0.3, -0.25) is 9.59 Å². The summed E-state index contributed by atoms with van der Waals surface area (Å²) < 4.78 is 5.49. The molecule has 2 aromatic rings. The van der Waals surface area contributed by atoms with Crippen LogP contribution in [-0.2, 0) is 28.8 Å². The lowest BCUT2D eigenvalue weighted by molar-refractivity contribution is -0.140. The maximum atomic E-state index is 13.4. The van der Waals surface area contributed by atoms with E-state index in [0.29, 0.717) is 19.1 Å². The third-order valence-corrected chi connectivity index (χ3v) is 9.43. The van der Waals surface area contributed by atoms with Crippen LogP contribution in [0.1, 0.15) is 64.9 Å². The van der Waals surface area contributed by atoms with Crippen LogP contribution in [0.5, 0.6) is 0 Å². The molecule has 1 atom stereocenters. The molecule has 2 aliphatic heterocycles. The van der Waals surface area contributed by atoms with Crippen molar-refractivity contribution in [2.24, 2.45) is 11.8 Å². The number of nitrogens with zero attached hydrogens (tertiary/aromatic N) is 2. The number of hydrogen-bond acceptors (Lipinski definition) is 4. The van der Waals surface area contributed by atoms with Crippen molar-refractivity contribution < 1.29 is 14.3 Å². The molecule has 1 aromatic heterocycles. The number of ether oxygens (including phenoxy) is 1. The highest BCUT2D eigenvalue weighted by molar-refractivity contribution is 7.12. The van der Waals surface area contributed by atoms with Gasteiger partial charge in [0.05, 0.1) is 4.88 Å². The average molecular weight is 495 g/mol. The summed E-state index contributed by atoms with van der Waals surface area (Å²) in [4.78, 5) is 31.9. The molecule has 2 amide bonds. The van der Waals surface area contributed by atoms with Crippen LogP contribution in [0.25, 0.3) is 0 Å². The second-order valence-electron chi connectivity index (χ2n) is 10.5. The molecule has 1 aliphatic carbocycles. The summed E-state index contributed by atoms with van der Waals surface area (Å²) in [6, 6.07) is 10.7. The second kappa shape index (κ2) is 11.3. The zero-order valence-corrected chi connectivity index (χ0v) is 21.7. The Bertz CT molecular complexity index is 1010. The Labute approximate surface area is 213 Å². The van der Waals surface area contributed by atoms with Crippen LogP contribution < -0.4 is 0 Å². The predicted molar refractivity (Wildman–Crippen MR) is 140 cm³/mol. The molecular weight excluding hydrogens is 456 g/mol. The highest BCUT2D eigenvalue weighted by Gasteiger charge is 2.36. The monoisotopic (exact) mass is 494 g/mol. The first-order chi connectivity index (χ1) is 17.1. The summed E-state index contributed by atoms with van der Waals surface area (Å²) in [5.74, 6) is 0.949. The predicted octanol–water partition coefficient (Wildman–Crippen LogP) is 4.98. The molecule has 35 heavy (non-hydrogen) atoms. The maximum Gasteiger partial charge on any atom is 0.264 e. The van der Waals surface area contributed by atoms with Crippen molar-refractivity contribution in [3.8, 4) is 0 Å². The number of carbonyl (C=O) groups is 2. The van der Waals surface area contributed by atoms with Crippen LogP contribution in [0, 0.1) is 11.8 Å². The minimum atomic E-state index is 0.0682. The molecule has 2 saturated heterocycles. The molecule has 3 heterocycles. The first kappa shape index (κ1) is 24.5. The Morgan fingerprint density at radius 3 is 2.51 bits per heavy atom. The van der Waals surface area contributed by atoms with Crippen molar-refractivity contribution in [1.29, 1.82) is 0 Å². The minimum absolute atomic E-state index is 0.0682. The topological polar surface area (TPSA) is 49.9 Å². The maximum absolute atomic E-state index is 13.4. The number of piperidine rings is 1. The van der Waals surface area contributed by atoms with Crippen LogP contribution in [0.15, 0.2) is 35.7 Å². The highest BCUT2D eigenvalue weighted by atomic mass is 32.1. The van der Waals surface area contributed by atoms with Crippen LogP contribution in [0.2, 0.25) is 0 Å². The van der Waals surface area contributed by atoms with Crippen molar-refractivity contribution in [3.63, 3.8) is 0 Å². The fraction of sp³-hybridized carbons (Fsp3) is 0.586. The van der Waals surface area contributed by atoms with Crippen LogP contribution in [-0.4, -0.2) is 61.0 Å². The van der Waals surface area contributed by atoms with E-state index in [1.54, 1.807) is 11.3 Å². The van der Waals surface area contributed by atoms with Gasteiger partial charge in [-0.15, -0.1) is 11.3 Å². The molecule has 0 bridgehead atoms. The number of carbonyl (C=O) groups excluding carboxylic acids is 2. The van der Waals surface area contributed by atoms with Gasteiger partial charge in [0, 0.05) is 45.3 Å². The summed E-state index contributed by atoms with van der Waals surface area (Å²) in [5, 5.41) is 2.21. The van der Waals surface area contributed by atoms with Gasteiger partial charge in [0.2, 0.25) is 5.91 Å². The average Bonchev–Trinajstić information content (AvgIpc) is 3.36. The lowest BCUT2D eigenvalue weighted by Gasteiger charge is -2.41. The number of benzene rings is 1. The molecule has 0 radical (unpaired) electrons. The van der Waals surface area contributed by atoms with Gasteiger partial charge in [-0.05, 0) is 85.8 Å². The van der Waals surface area contributed by atoms with E-state index >= 15 is 0 Å². The fourth-order valence-electron chi connectivity index (χ4n) is 6.20. The molecule has 0 saturated carbocycles. The Morgan fingerprint density at radius 2 is 1.77 bits per heavy atom. The molecule has 6 heteroatoms. The van der Waals surface area contributed by atoms with Gasteiger partial charge in [0.1, 0.15) is 0 Å². The second-order valence-corrected chi connectivity index (χ2v) is 11.4. The summed E-state index contributed by atoms with van der Waals surface area (Å²) in [6.45, 7) is 2.92. The van der Waals surface area contributed by atoms with E-state index in [0.717, 1.165) is 62.9 Å². The Hall–Kier alpha value is -2.18. The molecule has 2 fully saturated rings. The van der Waals surface area contributed by atoms with E-state index in [9.17, 15) is 9.59 Å². The summed E-state index contributed by atoms with van der Waals surface area (Å²) in [5.41, 5.74) is 3.99. The first-order valence-electron chi connectivity index (χ1n) is 13.4. The number of likely N-dealkylation sites (tertiary alicyclic amines) is 1. The smallest absolute Gasteiger partial charge is 0.264 e. The van der Waals surface area contributed by atoms with Gasteiger partial charge < -0.3 is 14.5 Å². The molecule has 188 valence electrons. The lowest BCUT2D eigenvalue weighted by atomic mass is 9.84. The van der Waals surface area contributed by atoms with Gasteiger partial charge in [0.25, 0.3) is 5.91 Å². The van der Waals surface area contributed by atoms with Crippen molar-refractivity contribution in [3.05, 3.63) is 57.3 Å². The number of likely N-dealkylation sites (N-methyl/N-ethyl adjacent to an activating group) is 1. The van der Waals surface area contributed by atoms with Crippen LogP contribution >= 0.6 is 11.3 Å². The van der Waals surface area contributed by atoms with E-state index in [1.807, 2.05) is 18.0 Å². The molecule has 5 rings (SSSR count). The SMILES string of the molecule is CN(C(=O)C1CCOCC1)C(Cc1ccccc1)C1CCN(C(=O)c2scc3c2CCCC3)CC1. The highest BCUT2D eigenvalue weighted by Crippen LogP contribution is 2.33. The number of rotatable bonds is 6. The number of fused-ring (bicyclic) bond motifs is 1. The van der Waals surface area contributed by atoms with Crippen molar-refractivity contribution in [2.45, 2.75) is 63.8 Å². The number of aryl methyl sites for hydroxylation is 1. The quantitative estimate of drug-likeness (QED) is 0.569. The lowest BCUT2D eigenvalue weighted by Crippen LogP contribution is -2.50. The largest absolute Gasteiger partial charge is 0.381 e. The van der Waals surface area contributed by atoms with Gasteiger partial charge in [-0.1, -0.05) is 30.3 Å². The van der Waals surface area contributed by atoms with Gasteiger partial charge in [0.15, 0.2) is 0 Å². The zero-order valence-electron chi connectivity index (χ0n) is 20.9. The Morgan fingerprint density at radius 1 is 1.06 bits per heavy atom. The van der Waals surface area contributed by atoms with E-state index < -0.39 is 0 Å². The van der Waals surface area contributed by atoms with Gasteiger partial charge in [-0.25, -0.2) is 0 Å². The summed E-state index contributed by atoms with van der Waals surface area (Å²) in [6.07, 6.45) is 9.00. The first-order valence-corrected chi connectivity index (χ1v) is 14.3. The molecule has 1 aromatic carbocycles. The van der Waals surface area contributed by atoms with Crippen molar-refractivity contribution >= 4 is 23.2 Å². The molecule has 0 N–H and O–H groups in total. The van der Waals surface area contributed by atoms with Gasteiger partial charge >= 0.3 is 0 Å². The minimum Gasteiger partial charge on any atom is -0.381 e. The molecule has 3 aliphatic rings. The number of hydrogen-bond donors (Lipinski definition) is 0. The van der Waals surface area contributed by atoms with Crippen molar-refractivity contribution in [2.75, 3.05) is 33.4 Å². The molecular formula is C29H38N2O3S. The number of amides is 2. The number of thiophene rings is 1. The zero-order chi connectivity index (χ0) is 24.2. The van der Waals surface area contributed by atoms with E-state index in [4.69, 9.17) is 4.74 Å². The molecule has 1 unspecified atom stereocenters. The van der Waals surface area contributed by atoms with Crippen LogP contribution in [0.4, 0.5) is 0 Å². The Balaban J connectivity index is 1.27. The summed E-state index contributed by atoms with van der Waals surface area (Å²) in [7, 11) is 2.00. The molecule has 5 nitrogen and oxygen atoms in total. The fourth-order valence-corrected chi connectivity index (χ4v) is 7.33. The third-order valence-electron chi connectivity index (χ3n) is 8.37. The van der Waals surface area contributed by atoms with E-state index in [1.165, 1.54) is 29.5 Å². The van der Waals surface area contributed by atoms with Crippen LogP contribution in [0.3, 0.4) is 0 Å². The summed E-state index contributed by atoms with van der Waals surface area (Å²) >= 11 is 1.65. The normalized spacial score (nSPS) is 20.3. The Kier molecular flexibility index (Phi) is 7.88. The van der Waals surface area contributed by atoms with E-state index in [-0.39, 0.29) is 23.8 Å². The van der Waals surface area contributed by atoms with Gasteiger partial charge in [-0.2, -0.15) is 0 Å². The molecule has 0 spiro atoms. The third kappa shape index (κ3) is 5.49.